The lowest BCUT2D eigenvalue weighted by atomic mass is 9.98. The lowest BCUT2D eigenvalue weighted by molar-refractivity contribution is -0.141. The van der Waals surface area contributed by atoms with E-state index in [-0.39, 0.29) is 10.8 Å². The predicted molar refractivity (Wildman–Crippen MR) is 72.1 cm³/mol. The maximum absolute atomic E-state index is 11.4. The van der Waals surface area contributed by atoms with Crippen LogP contribution in [-0.4, -0.2) is 38.8 Å². The van der Waals surface area contributed by atoms with Crippen molar-refractivity contribution in [3.05, 3.63) is 24.3 Å². The van der Waals surface area contributed by atoms with Crippen LogP contribution in [0.25, 0.3) is 0 Å². The van der Waals surface area contributed by atoms with Crippen LogP contribution in [0.1, 0.15) is 12.8 Å². The topological polar surface area (TPSA) is 74.7 Å². The summed E-state index contributed by atoms with van der Waals surface area (Å²) in [5.41, 5.74) is 0.873. The summed E-state index contributed by atoms with van der Waals surface area (Å²) in [5, 5.41) is 9.05. The van der Waals surface area contributed by atoms with Crippen LogP contribution in [-0.2, 0) is 14.6 Å². The van der Waals surface area contributed by atoms with Gasteiger partial charge in [0.1, 0.15) is 0 Å². The molecular weight excluding hydrogens is 266 g/mol. The van der Waals surface area contributed by atoms with E-state index in [9.17, 15) is 13.2 Å². The van der Waals surface area contributed by atoms with Gasteiger partial charge in [0, 0.05) is 25.0 Å². The van der Waals surface area contributed by atoms with Gasteiger partial charge in [-0.05, 0) is 37.1 Å². The number of piperidine rings is 1. The number of carboxylic acids is 1. The molecule has 0 radical (unpaired) electrons. The van der Waals surface area contributed by atoms with Gasteiger partial charge in [-0.2, -0.15) is 0 Å². The number of anilines is 1. The van der Waals surface area contributed by atoms with Crippen molar-refractivity contribution in [3.8, 4) is 0 Å². The zero-order valence-electron chi connectivity index (χ0n) is 10.7. The van der Waals surface area contributed by atoms with E-state index in [1.54, 1.807) is 24.3 Å². The summed E-state index contributed by atoms with van der Waals surface area (Å²) in [6.07, 6.45) is 2.71. The van der Waals surface area contributed by atoms with E-state index in [4.69, 9.17) is 5.11 Å². The first kappa shape index (κ1) is 13.9. The number of hydrogen-bond donors (Lipinski definition) is 1. The first-order valence-electron chi connectivity index (χ1n) is 6.16. The second-order valence-corrected chi connectivity index (χ2v) is 6.91. The minimum absolute atomic E-state index is 0.281. The molecule has 1 fully saturated rings. The third-order valence-electron chi connectivity index (χ3n) is 3.40. The van der Waals surface area contributed by atoms with Gasteiger partial charge in [-0.15, -0.1) is 0 Å². The van der Waals surface area contributed by atoms with Crippen LogP contribution in [0.2, 0.25) is 0 Å². The number of aliphatic carboxylic acids is 1. The molecule has 0 aromatic heterocycles. The Morgan fingerprint density at radius 3 is 2.47 bits per heavy atom. The Labute approximate surface area is 112 Å². The van der Waals surface area contributed by atoms with Crippen molar-refractivity contribution >= 4 is 21.5 Å². The lowest BCUT2D eigenvalue weighted by Crippen LogP contribution is -2.38. The number of rotatable bonds is 3. The van der Waals surface area contributed by atoms with E-state index in [1.165, 1.54) is 6.26 Å². The quantitative estimate of drug-likeness (QED) is 0.907. The van der Waals surface area contributed by atoms with Crippen molar-refractivity contribution in [2.75, 3.05) is 24.2 Å². The number of nitrogens with zero attached hydrogens (tertiary/aromatic N) is 1. The molecule has 0 spiro atoms. The minimum Gasteiger partial charge on any atom is -0.481 e. The highest BCUT2D eigenvalue weighted by Crippen LogP contribution is 2.24. The zero-order chi connectivity index (χ0) is 14.0. The van der Waals surface area contributed by atoms with E-state index in [0.717, 1.165) is 18.7 Å². The number of carboxylic acid groups (broad SMARTS) is 1. The third kappa shape index (κ3) is 3.26. The molecule has 2 rings (SSSR count). The fraction of sp³-hybridized carbons (Fsp3) is 0.462. The van der Waals surface area contributed by atoms with Crippen LogP contribution in [0.15, 0.2) is 29.2 Å². The van der Waals surface area contributed by atoms with Crippen LogP contribution in [0.3, 0.4) is 0 Å². The summed E-state index contributed by atoms with van der Waals surface area (Å²) in [5.74, 6) is -1.11. The smallest absolute Gasteiger partial charge is 0.308 e. The summed E-state index contributed by atoms with van der Waals surface area (Å²) in [6, 6.07) is 6.60. The average molecular weight is 283 g/mol. The molecular formula is C13H17NO4S. The van der Waals surface area contributed by atoms with Crippen molar-refractivity contribution in [3.63, 3.8) is 0 Å². The number of benzene rings is 1. The summed E-state index contributed by atoms with van der Waals surface area (Å²) in [4.78, 5) is 13.3. The molecule has 1 aromatic carbocycles. The Hall–Kier alpha value is -1.56. The van der Waals surface area contributed by atoms with Crippen LogP contribution in [0.5, 0.6) is 0 Å². The van der Waals surface area contributed by atoms with Crippen molar-refractivity contribution in [2.45, 2.75) is 17.7 Å². The van der Waals surface area contributed by atoms with Gasteiger partial charge >= 0.3 is 5.97 Å². The van der Waals surface area contributed by atoms with E-state index in [2.05, 4.69) is 0 Å². The van der Waals surface area contributed by atoms with Crippen LogP contribution >= 0.6 is 0 Å². The highest BCUT2D eigenvalue weighted by Gasteiger charge is 2.25. The molecule has 1 saturated heterocycles. The van der Waals surface area contributed by atoms with E-state index in [0.29, 0.717) is 13.0 Å². The minimum atomic E-state index is -3.19. The molecule has 104 valence electrons. The van der Waals surface area contributed by atoms with Gasteiger partial charge in [-0.1, -0.05) is 0 Å². The Bertz CT molecular complexity index is 565. The number of carbonyl (C=O) groups is 1. The standard InChI is InChI=1S/C13H17NO4S/c1-19(17,18)12-6-4-11(5-7-12)14-8-2-3-10(9-14)13(15)16/h4-7,10H,2-3,8-9H2,1H3,(H,15,16). The SMILES string of the molecule is CS(=O)(=O)c1ccc(N2CCCC(C(=O)O)C2)cc1. The molecule has 0 bridgehead atoms. The number of sulfone groups is 1. The summed E-state index contributed by atoms with van der Waals surface area (Å²) in [6.45, 7) is 1.29. The first-order chi connectivity index (χ1) is 8.88. The average Bonchev–Trinajstić information content (AvgIpc) is 2.38. The molecule has 6 heteroatoms. The second-order valence-electron chi connectivity index (χ2n) is 4.89. The molecule has 1 unspecified atom stereocenters. The molecule has 0 amide bonds. The van der Waals surface area contributed by atoms with Gasteiger partial charge in [0.05, 0.1) is 10.8 Å². The van der Waals surface area contributed by atoms with Gasteiger partial charge in [-0.3, -0.25) is 4.79 Å². The molecule has 19 heavy (non-hydrogen) atoms. The zero-order valence-corrected chi connectivity index (χ0v) is 11.6. The molecule has 1 aromatic rings. The molecule has 1 aliphatic heterocycles. The predicted octanol–water partition coefficient (Wildman–Crippen LogP) is 1.39. The molecule has 5 nitrogen and oxygen atoms in total. The largest absolute Gasteiger partial charge is 0.481 e. The summed E-state index contributed by atoms with van der Waals surface area (Å²) < 4.78 is 22.7. The Morgan fingerprint density at radius 2 is 1.95 bits per heavy atom. The highest BCUT2D eigenvalue weighted by molar-refractivity contribution is 7.90. The van der Waals surface area contributed by atoms with Gasteiger partial charge in [0.2, 0.25) is 0 Å². The van der Waals surface area contributed by atoms with Gasteiger partial charge in [0.25, 0.3) is 0 Å². The van der Waals surface area contributed by atoms with E-state index in [1.807, 2.05) is 4.90 Å². The fourth-order valence-electron chi connectivity index (χ4n) is 2.32. The summed E-state index contributed by atoms with van der Waals surface area (Å²) >= 11 is 0. The van der Waals surface area contributed by atoms with Crippen LogP contribution < -0.4 is 4.90 Å². The third-order valence-corrected chi connectivity index (χ3v) is 4.53. The molecule has 1 aliphatic rings. The van der Waals surface area contributed by atoms with E-state index >= 15 is 0 Å². The Kier molecular flexibility index (Phi) is 3.80. The Balaban J connectivity index is 2.16. The maximum atomic E-state index is 11.4. The van der Waals surface area contributed by atoms with Crippen molar-refractivity contribution in [1.82, 2.24) is 0 Å². The van der Waals surface area contributed by atoms with Crippen molar-refractivity contribution in [2.24, 2.45) is 5.92 Å². The van der Waals surface area contributed by atoms with Gasteiger partial charge in [-0.25, -0.2) is 8.42 Å². The van der Waals surface area contributed by atoms with Gasteiger partial charge in [0.15, 0.2) is 9.84 Å². The molecule has 0 aliphatic carbocycles. The highest BCUT2D eigenvalue weighted by atomic mass is 32.2. The normalized spacial score (nSPS) is 20.3. The van der Waals surface area contributed by atoms with Crippen LogP contribution in [0, 0.1) is 5.92 Å². The Morgan fingerprint density at radius 1 is 1.32 bits per heavy atom. The van der Waals surface area contributed by atoms with Crippen LogP contribution in [0.4, 0.5) is 5.69 Å². The number of hydrogen-bond acceptors (Lipinski definition) is 4. The monoisotopic (exact) mass is 283 g/mol. The molecule has 0 saturated carbocycles. The molecule has 1 N–H and O–H groups in total. The lowest BCUT2D eigenvalue weighted by Gasteiger charge is -2.32. The van der Waals surface area contributed by atoms with Gasteiger partial charge < -0.3 is 10.0 Å². The maximum Gasteiger partial charge on any atom is 0.308 e. The first-order valence-corrected chi connectivity index (χ1v) is 8.05. The van der Waals surface area contributed by atoms with Crippen molar-refractivity contribution in [1.29, 1.82) is 0 Å². The summed E-state index contributed by atoms with van der Waals surface area (Å²) in [7, 11) is -3.19. The molecule has 1 atom stereocenters. The second kappa shape index (κ2) is 5.21. The van der Waals surface area contributed by atoms with E-state index < -0.39 is 15.8 Å². The fourth-order valence-corrected chi connectivity index (χ4v) is 2.95. The van der Waals surface area contributed by atoms with Crippen molar-refractivity contribution < 1.29 is 18.3 Å². The molecule has 1 heterocycles.